The van der Waals surface area contributed by atoms with Crippen molar-refractivity contribution >= 4 is 11.8 Å². The molecule has 0 amide bonds. The molecule has 0 unspecified atom stereocenters. The molecule has 1 fully saturated rings. The predicted molar refractivity (Wildman–Crippen MR) is 62.1 cm³/mol. The lowest BCUT2D eigenvalue weighted by molar-refractivity contribution is -0.178. The first-order valence-corrected chi connectivity index (χ1v) is 6.45. The molecule has 1 aliphatic rings. The number of ether oxygens (including phenoxy) is 2. The summed E-state index contributed by atoms with van der Waals surface area (Å²) >= 11 is 1.51. The van der Waals surface area contributed by atoms with E-state index in [1.807, 2.05) is 6.07 Å². The Bertz CT molecular complexity index is 327. The molecule has 0 aromatic heterocycles. The number of hydrogen-bond donors (Lipinski definition) is 0. The molecule has 2 rings (SSSR count). The smallest absolute Gasteiger partial charge is 0.158 e. The largest absolute Gasteiger partial charge is 0.353 e. The van der Waals surface area contributed by atoms with E-state index in [1.54, 1.807) is 12.1 Å². The van der Waals surface area contributed by atoms with Crippen molar-refractivity contribution in [2.24, 2.45) is 0 Å². The first kappa shape index (κ1) is 11.9. The number of rotatable bonds is 4. The summed E-state index contributed by atoms with van der Waals surface area (Å²) in [5.74, 6) is 0.656. The van der Waals surface area contributed by atoms with Gasteiger partial charge in [-0.25, -0.2) is 4.39 Å². The van der Waals surface area contributed by atoms with E-state index in [0.29, 0.717) is 4.90 Å². The van der Waals surface area contributed by atoms with Gasteiger partial charge in [0.25, 0.3) is 0 Å². The molecule has 0 atom stereocenters. The second kappa shape index (κ2) is 6.23. The summed E-state index contributed by atoms with van der Waals surface area (Å²) in [6, 6.07) is 6.82. The summed E-state index contributed by atoms with van der Waals surface area (Å²) in [5, 5.41) is 0. The Hall–Kier alpha value is -0.580. The Morgan fingerprint density at radius 3 is 2.75 bits per heavy atom. The van der Waals surface area contributed by atoms with Crippen LogP contribution in [0.4, 0.5) is 4.39 Å². The van der Waals surface area contributed by atoms with Gasteiger partial charge in [-0.05, 0) is 18.6 Å². The van der Waals surface area contributed by atoms with E-state index in [2.05, 4.69) is 0 Å². The van der Waals surface area contributed by atoms with Crippen LogP contribution in [0.15, 0.2) is 29.2 Å². The molecule has 0 aliphatic carbocycles. The molecule has 1 heterocycles. The number of benzene rings is 1. The van der Waals surface area contributed by atoms with Crippen molar-refractivity contribution in [2.45, 2.75) is 24.0 Å². The van der Waals surface area contributed by atoms with Crippen LogP contribution in [0, 0.1) is 5.82 Å². The van der Waals surface area contributed by atoms with Crippen molar-refractivity contribution in [3.8, 4) is 0 Å². The predicted octanol–water partition coefficient (Wildman–Crippen LogP) is 3.07. The lowest BCUT2D eigenvalue weighted by Gasteiger charge is -2.22. The van der Waals surface area contributed by atoms with Gasteiger partial charge in [0.1, 0.15) is 5.82 Å². The van der Waals surface area contributed by atoms with Crippen LogP contribution in [-0.2, 0) is 9.47 Å². The van der Waals surface area contributed by atoms with Crippen LogP contribution >= 0.6 is 11.8 Å². The molecule has 88 valence electrons. The molecule has 0 radical (unpaired) electrons. The zero-order chi connectivity index (χ0) is 11.2. The topological polar surface area (TPSA) is 18.5 Å². The van der Waals surface area contributed by atoms with Crippen molar-refractivity contribution in [2.75, 3.05) is 19.0 Å². The minimum absolute atomic E-state index is 0.104. The molecule has 4 heteroatoms. The Labute approximate surface area is 99.1 Å². The van der Waals surface area contributed by atoms with E-state index in [-0.39, 0.29) is 12.1 Å². The van der Waals surface area contributed by atoms with Crippen LogP contribution in [0.2, 0.25) is 0 Å². The molecule has 2 nitrogen and oxygen atoms in total. The maximum Gasteiger partial charge on any atom is 0.158 e. The monoisotopic (exact) mass is 242 g/mol. The first-order chi connectivity index (χ1) is 7.86. The highest BCUT2D eigenvalue weighted by Gasteiger charge is 2.13. The zero-order valence-electron chi connectivity index (χ0n) is 9.02. The minimum atomic E-state index is -0.155. The summed E-state index contributed by atoms with van der Waals surface area (Å²) in [5.41, 5.74) is 0. The highest BCUT2D eigenvalue weighted by Crippen LogP contribution is 2.23. The number of hydrogen-bond acceptors (Lipinski definition) is 3. The molecule has 1 saturated heterocycles. The summed E-state index contributed by atoms with van der Waals surface area (Å²) in [4.78, 5) is 0.693. The summed E-state index contributed by atoms with van der Waals surface area (Å²) in [6.45, 7) is 1.55. The van der Waals surface area contributed by atoms with Crippen LogP contribution < -0.4 is 0 Å². The second-order valence-electron chi connectivity index (χ2n) is 3.59. The van der Waals surface area contributed by atoms with Crippen LogP contribution in [0.3, 0.4) is 0 Å². The van der Waals surface area contributed by atoms with Crippen molar-refractivity contribution in [1.29, 1.82) is 0 Å². The molecule has 0 spiro atoms. The molecular formula is C12H15FO2S. The number of thioether (sulfide) groups is 1. The van der Waals surface area contributed by atoms with Gasteiger partial charge in [0, 0.05) is 17.1 Å². The zero-order valence-corrected chi connectivity index (χ0v) is 9.84. The number of halogens is 1. The Morgan fingerprint density at radius 2 is 2.00 bits per heavy atom. The summed E-state index contributed by atoms with van der Waals surface area (Å²) in [7, 11) is 0. The fourth-order valence-corrected chi connectivity index (χ4v) is 2.44. The average Bonchev–Trinajstić information content (AvgIpc) is 2.33. The van der Waals surface area contributed by atoms with E-state index >= 15 is 0 Å². The molecule has 0 saturated carbocycles. The van der Waals surface area contributed by atoms with Gasteiger partial charge >= 0.3 is 0 Å². The van der Waals surface area contributed by atoms with Gasteiger partial charge in [0.05, 0.1) is 13.2 Å². The van der Waals surface area contributed by atoms with Crippen molar-refractivity contribution in [3.05, 3.63) is 30.1 Å². The molecule has 0 bridgehead atoms. The van der Waals surface area contributed by atoms with Gasteiger partial charge in [-0.2, -0.15) is 0 Å². The SMILES string of the molecule is Fc1ccccc1SCCC1OCCCO1. The van der Waals surface area contributed by atoms with E-state index in [0.717, 1.165) is 31.8 Å². The van der Waals surface area contributed by atoms with E-state index < -0.39 is 0 Å². The van der Waals surface area contributed by atoms with Gasteiger partial charge in [-0.3, -0.25) is 0 Å². The normalized spacial score (nSPS) is 17.6. The standard InChI is InChI=1S/C12H15FO2S/c13-10-4-1-2-5-11(10)16-9-6-12-14-7-3-8-15-12/h1-2,4-5,12H,3,6-9H2. The molecule has 1 aromatic carbocycles. The first-order valence-electron chi connectivity index (χ1n) is 5.47. The maximum absolute atomic E-state index is 13.3. The van der Waals surface area contributed by atoms with Gasteiger partial charge in [0.15, 0.2) is 6.29 Å². The maximum atomic E-state index is 13.3. The Morgan fingerprint density at radius 1 is 1.25 bits per heavy atom. The molecule has 16 heavy (non-hydrogen) atoms. The van der Waals surface area contributed by atoms with E-state index in [1.165, 1.54) is 17.8 Å². The van der Waals surface area contributed by atoms with Crippen LogP contribution in [0.5, 0.6) is 0 Å². The lowest BCUT2D eigenvalue weighted by atomic mass is 10.3. The third-order valence-corrected chi connectivity index (χ3v) is 3.43. The second-order valence-corrected chi connectivity index (χ2v) is 4.73. The molecular weight excluding hydrogens is 227 g/mol. The van der Waals surface area contributed by atoms with Gasteiger partial charge in [-0.15, -0.1) is 11.8 Å². The lowest BCUT2D eigenvalue weighted by Crippen LogP contribution is -2.25. The van der Waals surface area contributed by atoms with Crippen molar-refractivity contribution < 1.29 is 13.9 Å². The Kier molecular flexibility index (Phi) is 4.63. The van der Waals surface area contributed by atoms with E-state index in [4.69, 9.17) is 9.47 Å². The average molecular weight is 242 g/mol. The molecule has 0 N–H and O–H groups in total. The third-order valence-electron chi connectivity index (χ3n) is 2.34. The molecule has 1 aromatic rings. The highest BCUT2D eigenvalue weighted by molar-refractivity contribution is 7.99. The Balaban J connectivity index is 1.73. The summed E-state index contributed by atoms with van der Waals surface area (Å²) < 4.78 is 24.1. The highest BCUT2D eigenvalue weighted by atomic mass is 32.2. The van der Waals surface area contributed by atoms with Crippen LogP contribution in [0.25, 0.3) is 0 Å². The fraction of sp³-hybridized carbons (Fsp3) is 0.500. The third kappa shape index (κ3) is 3.47. The van der Waals surface area contributed by atoms with E-state index in [9.17, 15) is 4.39 Å². The summed E-state index contributed by atoms with van der Waals surface area (Å²) in [6.07, 6.45) is 1.67. The van der Waals surface area contributed by atoms with Gasteiger partial charge in [-0.1, -0.05) is 12.1 Å². The fourth-order valence-electron chi connectivity index (χ4n) is 1.53. The van der Waals surface area contributed by atoms with Gasteiger partial charge in [0.2, 0.25) is 0 Å². The van der Waals surface area contributed by atoms with Crippen LogP contribution in [0.1, 0.15) is 12.8 Å². The minimum Gasteiger partial charge on any atom is -0.353 e. The quantitative estimate of drug-likeness (QED) is 0.756. The van der Waals surface area contributed by atoms with Crippen molar-refractivity contribution in [1.82, 2.24) is 0 Å². The van der Waals surface area contributed by atoms with Crippen LogP contribution in [-0.4, -0.2) is 25.3 Å². The molecule has 1 aliphatic heterocycles. The van der Waals surface area contributed by atoms with Crippen molar-refractivity contribution in [3.63, 3.8) is 0 Å². The van der Waals surface area contributed by atoms with Gasteiger partial charge < -0.3 is 9.47 Å².